The molecule has 1 atom stereocenters. The third-order valence-corrected chi connectivity index (χ3v) is 4.81. The third-order valence-electron chi connectivity index (χ3n) is 2.79. The molecule has 1 N–H and O–H groups in total. The van der Waals surface area contributed by atoms with E-state index < -0.39 is 22.8 Å². The number of esters is 1. The first kappa shape index (κ1) is 16.1. The van der Waals surface area contributed by atoms with Crippen molar-refractivity contribution in [2.24, 2.45) is 0 Å². The summed E-state index contributed by atoms with van der Waals surface area (Å²) < 4.78 is 4.63. The fourth-order valence-corrected chi connectivity index (χ4v) is 3.24. The monoisotopic (exact) mass is 340 g/mol. The third kappa shape index (κ3) is 3.89. The molecule has 2 aromatic rings. The van der Waals surface area contributed by atoms with Gasteiger partial charge in [-0.1, -0.05) is 17.4 Å². The van der Waals surface area contributed by atoms with Crippen LogP contribution in [0.5, 0.6) is 0 Å². The molecule has 9 heteroatoms. The molecule has 1 amide bonds. The van der Waals surface area contributed by atoms with E-state index in [0.29, 0.717) is 0 Å². The van der Waals surface area contributed by atoms with Gasteiger partial charge < -0.3 is 10.1 Å². The minimum absolute atomic E-state index is 0.00375. The molecule has 0 aliphatic carbocycles. The lowest BCUT2D eigenvalue weighted by molar-refractivity contribution is -0.380. The minimum Gasteiger partial charge on any atom is -0.469 e. The second kappa shape index (κ2) is 7.14. The first-order chi connectivity index (χ1) is 10.5. The van der Waals surface area contributed by atoms with Gasteiger partial charge in [0.15, 0.2) is 0 Å². The van der Waals surface area contributed by atoms with Crippen LogP contribution in [0.1, 0.15) is 27.0 Å². The summed E-state index contributed by atoms with van der Waals surface area (Å²) >= 11 is 2.19. The first-order valence-corrected chi connectivity index (χ1v) is 7.86. The first-order valence-electron chi connectivity index (χ1n) is 6.16. The number of hydrogen-bond donors (Lipinski definition) is 1. The second-order valence-corrected chi connectivity index (χ2v) is 6.26. The van der Waals surface area contributed by atoms with E-state index in [1.54, 1.807) is 6.07 Å². The smallest absolute Gasteiger partial charge is 0.324 e. The summed E-state index contributed by atoms with van der Waals surface area (Å²) in [5.41, 5.74) is 0. The van der Waals surface area contributed by atoms with Gasteiger partial charge in [0, 0.05) is 10.9 Å². The molecule has 0 fully saturated rings. The van der Waals surface area contributed by atoms with Crippen LogP contribution in [0.15, 0.2) is 29.6 Å². The second-order valence-electron chi connectivity index (χ2n) is 4.22. The van der Waals surface area contributed by atoms with Gasteiger partial charge in [0.2, 0.25) is 0 Å². The van der Waals surface area contributed by atoms with Crippen molar-refractivity contribution in [3.05, 3.63) is 49.5 Å². The molecule has 2 heterocycles. The van der Waals surface area contributed by atoms with Crippen molar-refractivity contribution in [1.29, 1.82) is 0 Å². The summed E-state index contributed by atoms with van der Waals surface area (Å²) in [6.45, 7) is 0. The van der Waals surface area contributed by atoms with Crippen LogP contribution in [-0.4, -0.2) is 23.9 Å². The summed E-state index contributed by atoms with van der Waals surface area (Å²) in [4.78, 5) is 34.8. The highest BCUT2D eigenvalue weighted by Gasteiger charge is 2.22. The van der Waals surface area contributed by atoms with Crippen LogP contribution in [0, 0.1) is 10.1 Å². The molecule has 7 nitrogen and oxygen atoms in total. The van der Waals surface area contributed by atoms with Crippen LogP contribution in [0.4, 0.5) is 5.00 Å². The highest BCUT2D eigenvalue weighted by Crippen LogP contribution is 2.26. The van der Waals surface area contributed by atoms with Crippen LogP contribution in [0.2, 0.25) is 0 Å². The standard InChI is InChI=1S/C13H12N2O5S2/c1-20-12(16)7-8(9-3-2-6-21-9)14-13(17)10-4-5-11(22-10)15(18)19/h2-6,8H,7H2,1H3,(H,14,17). The molecule has 22 heavy (non-hydrogen) atoms. The maximum absolute atomic E-state index is 12.2. The van der Waals surface area contributed by atoms with Crippen molar-refractivity contribution in [3.63, 3.8) is 0 Å². The largest absolute Gasteiger partial charge is 0.469 e. The lowest BCUT2D eigenvalue weighted by Gasteiger charge is -2.15. The Labute approximate surface area is 133 Å². The molecule has 0 saturated carbocycles. The van der Waals surface area contributed by atoms with Crippen molar-refractivity contribution >= 4 is 39.6 Å². The van der Waals surface area contributed by atoms with E-state index in [0.717, 1.165) is 16.2 Å². The Balaban J connectivity index is 2.13. The molecule has 0 bridgehead atoms. The fraction of sp³-hybridized carbons (Fsp3) is 0.231. The molecule has 2 rings (SSSR count). The lowest BCUT2D eigenvalue weighted by atomic mass is 10.1. The van der Waals surface area contributed by atoms with Gasteiger partial charge in [-0.2, -0.15) is 0 Å². The molecular weight excluding hydrogens is 328 g/mol. The van der Waals surface area contributed by atoms with Gasteiger partial charge in [0.25, 0.3) is 5.91 Å². The Kier molecular flexibility index (Phi) is 5.23. The van der Waals surface area contributed by atoms with Gasteiger partial charge in [-0.3, -0.25) is 19.7 Å². The lowest BCUT2D eigenvalue weighted by Crippen LogP contribution is -2.29. The number of ether oxygens (including phenoxy) is 1. The van der Waals surface area contributed by atoms with E-state index in [9.17, 15) is 19.7 Å². The number of nitrogens with one attached hydrogen (secondary N) is 1. The number of nitro groups is 1. The van der Waals surface area contributed by atoms with Crippen LogP contribution >= 0.6 is 22.7 Å². The average molecular weight is 340 g/mol. The normalized spacial score (nSPS) is 11.7. The van der Waals surface area contributed by atoms with Gasteiger partial charge in [0.1, 0.15) is 0 Å². The molecule has 2 aromatic heterocycles. The zero-order chi connectivity index (χ0) is 16.1. The molecule has 0 aliphatic heterocycles. The van der Waals surface area contributed by atoms with E-state index in [1.165, 1.54) is 30.6 Å². The number of amides is 1. The van der Waals surface area contributed by atoms with Crippen molar-refractivity contribution in [3.8, 4) is 0 Å². The number of rotatable bonds is 6. The number of nitrogens with zero attached hydrogens (tertiary/aromatic N) is 1. The number of hydrogen-bond acceptors (Lipinski definition) is 7. The number of methoxy groups -OCH3 is 1. The number of carbonyl (C=O) groups is 2. The van der Waals surface area contributed by atoms with E-state index in [2.05, 4.69) is 10.1 Å². The van der Waals surface area contributed by atoms with E-state index >= 15 is 0 Å². The summed E-state index contributed by atoms with van der Waals surface area (Å²) in [5, 5.41) is 15.1. The van der Waals surface area contributed by atoms with Crippen molar-refractivity contribution in [2.75, 3.05) is 7.11 Å². The quantitative estimate of drug-likeness (QED) is 0.495. The predicted molar refractivity (Wildman–Crippen MR) is 82.1 cm³/mol. The highest BCUT2D eigenvalue weighted by atomic mass is 32.1. The molecule has 0 aliphatic rings. The topological polar surface area (TPSA) is 98.5 Å². The van der Waals surface area contributed by atoms with E-state index in [4.69, 9.17) is 0 Å². The Morgan fingerprint density at radius 2 is 2.18 bits per heavy atom. The van der Waals surface area contributed by atoms with Crippen molar-refractivity contribution < 1.29 is 19.2 Å². The Morgan fingerprint density at radius 3 is 2.73 bits per heavy atom. The van der Waals surface area contributed by atoms with Crippen LogP contribution in [-0.2, 0) is 9.53 Å². The van der Waals surface area contributed by atoms with Crippen LogP contribution < -0.4 is 5.32 Å². The Hall–Kier alpha value is -2.26. The van der Waals surface area contributed by atoms with Crippen molar-refractivity contribution in [1.82, 2.24) is 5.32 Å². The molecular formula is C13H12N2O5S2. The maximum atomic E-state index is 12.2. The zero-order valence-electron chi connectivity index (χ0n) is 11.5. The van der Waals surface area contributed by atoms with Crippen LogP contribution in [0.25, 0.3) is 0 Å². The van der Waals surface area contributed by atoms with Gasteiger partial charge in [-0.25, -0.2) is 0 Å². The molecule has 0 spiro atoms. The van der Waals surface area contributed by atoms with Gasteiger partial charge in [0.05, 0.1) is 29.4 Å². The SMILES string of the molecule is COC(=O)CC(NC(=O)c1ccc([N+](=O)[O-])s1)c1cccs1. The number of carbonyl (C=O) groups excluding carboxylic acids is 2. The van der Waals surface area contributed by atoms with Gasteiger partial charge in [-0.05, 0) is 17.5 Å². The summed E-state index contributed by atoms with van der Waals surface area (Å²) in [5.74, 6) is -0.906. The molecule has 1 unspecified atom stereocenters. The summed E-state index contributed by atoms with van der Waals surface area (Å²) in [6.07, 6.45) is -0.00375. The average Bonchev–Trinajstić information content (AvgIpc) is 3.17. The van der Waals surface area contributed by atoms with E-state index in [-0.39, 0.29) is 16.3 Å². The minimum atomic E-state index is -0.549. The summed E-state index contributed by atoms with van der Waals surface area (Å²) in [6, 6.07) is 5.75. The Bertz CT molecular complexity index is 680. The Morgan fingerprint density at radius 1 is 1.41 bits per heavy atom. The van der Waals surface area contributed by atoms with Gasteiger partial charge >= 0.3 is 11.0 Å². The molecule has 0 radical (unpaired) electrons. The zero-order valence-corrected chi connectivity index (χ0v) is 13.1. The fourth-order valence-electron chi connectivity index (χ4n) is 1.74. The summed E-state index contributed by atoms with van der Waals surface area (Å²) in [7, 11) is 1.28. The van der Waals surface area contributed by atoms with E-state index in [1.807, 2.05) is 11.4 Å². The van der Waals surface area contributed by atoms with Crippen LogP contribution in [0.3, 0.4) is 0 Å². The molecule has 116 valence electrons. The number of thiophene rings is 2. The highest BCUT2D eigenvalue weighted by molar-refractivity contribution is 7.17. The maximum Gasteiger partial charge on any atom is 0.324 e. The molecule has 0 saturated heterocycles. The van der Waals surface area contributed by atoms with Crippen molar-refractivity contribution in [2.45, 2.75) is 12.5 Å². The predicted octanol–water partition coefficient (Wildman–Crippen LogP) is 2.75. The van der Waals surface area contributed by atoms with Gasteiger partial charge in [-0.15, -0.1) is 11.3 Å². The molecule has 0 aromatic carbocycles.